The SMILES string of the molecule is Cc1ccccc1[C@@H]1C[C@H]1NN1CCCCC1. The Balaban J connectivity index is 1.57. The van der Waals surface area contributed by atoms with Gasteiger partial charge in [0.15, 0.2) is 0 Å². The second kappa shape index (κ2) is 4.79. The van der Waals surface area contributed by atoms with Crippen molar-refractivity contribution in [2.24, 2.45) is 0 Å². The van der Waals surface area contributed by atoms with Gasteiger partial charge in [0.2, 0.25) is 0 Å². The summed E-state index contributed by atoms with van der Waals surface area (Å²) in [5, 5.41) is 2.44. The zero-order chi connectivity index (χ0) is 11.7. The van der Waals surface area contributed by atoms with Crippen molar-refractivity contribution in [2.75, 3.05) is 13.1 Å². The molecule has 2 aliphatic rings. The Hall–Kier alpha value is -0.860. The number of aryl methyl sites for hydroxylation is 1. The van der Waals surface area contributed by atoms with E-state index in [4.69, 9.17) is 0 Å². The molecule has 0 unspecified atom stereocenters. The molecule has 92 valence electrons. The normalized spacial score (nSPS) is 29.2. The van der Waals surface area contributed by atoms with Gasteiger partial charge in [0.05, 0.1) is 0 Å². The zero-order valence-electron chi connectivity index (χ0n) is 10.7. The van der Waals surface area contributed by atoms with Crippen LogP contribution in [0.2, 0.25) is 0 Å². The Labute approximate surface area is 104 Å². The van der Waals surface area contributed by atoms with Crippen molar-refractivity contribution in [1.29, 1.82) is 0 Å². The monoisotopic (exact) mass is 230 g/mol. The van der Waals surface area contributed by atoms with Gasteiger partial charge in [0.1, 0.15) is 0 Å². The van der Waals surface area contributed by atoms with Gasteiger partial charge in [-0.3, -0.25) is 5.43 Å². The minimum atomic E-state index is 0.689. The Kier molecular flexibility index (Phi) is 3.17. The van der Waals surface area contributed by atoms with E-state index in [0.717, 1.165) is 5.92 Å². The number of hydrogen-bond donors (Lipinski definition) is 1. The summed E-state index contributed by atoms with van der Waals surface area (Å²) in [5.74, 6) is 0.748. The molecule has 1 N–H and O–H groups in total. The van der Waals surface area contributed by atoms with E-state index in [1.54, 1.807) is 5.56 Å². The fourth-order valence-corrected chi connectivity index (χ4v) is 2.94. The van der Waals surface area contributed by atoms with Crippen molar-refractivity contribution in [3.63, 3.8) is 0 Å². The van der Waals surface area contributed by atoms with Gasteiger partial charge < -0.3 is 0 Å². The Bertz CT molecular complexity index is 382. The van der Waals surface area contributed by atoms with Gasteiger partial charge in [-0.15, -0.1) is 0 Å². The van der Waals surface area contributed by atoms with Gasteiger partial charge >= 0.3 is 0 Å². The van der Waals surface area contributed by atoms with Crippen LogP contribution in [-0.4, -0.2) is 24.1 Å². The van der Waals surface area contributed by atoms with Crippen molar-refractivity contribution in [2.45, 2.75) is 44.6 Å². The maximum atomic E-state index is 3.70. The van der Waals surface area contributed by atoms with E-state index in [1.807, 2.05) is 0 Å². The topological polar surface area (TPSA) is 15.3 Å². The molecule has 2 fully saturated rings. The van der Waals surface area contributed by atoms with Gasteiger partial charge in [0.25, 0.3) is 0 Å². The minimum absolute atomic E-state index is 0.689. The van der Waals surface area contributed by atoms with Crippen LogP contribution >= 0.6 is 0 Å². The highest BCUT2D eigenvalue weighted by Gasteiger charge is 2.40. The van der Waals surface area contributed by atoms with Gasteiger partial charge in [-0.25, -0.2) is 5.01 Å². The van der Waals surface area contributed by atoms with Crippen molar-refractivity contribution < 1.29 is 0 Å². The van der Waals surface area contributed by atoms with E-state index in [-0.39, 0.29) is 0 Å². The average molecular weight is 230 g/mol. The predicted molar refractivity (Wildman–Crippen MR) is 70.9 cm³/mol. The highest BCUT2D eigenvalue weighted by atomic mass is 15.5. The third kappa shape index (κ3) is 2.53. The molecule has 2 nitrogen and oxygen atoms in total. The lowest BCUT2D eigenvalue weighted by molar-refractivity contribution is 0.149. The van der Waals surface area contributed by atoms with Crippen LogP contribution in [0.3, 0.4) is 0 Å². The van der Waals surface area contributed by atoms with Crippen molar-refractivity contribution in [3.8, 4) is 0 Å². The van der Waals surface area contributed by atoms with E-state index in [0.29, 0.717) is 6.04 Å². The van der Waals surface area contributed by atoms with E-state index in [1.165, 1.54) is 44.3 Å². The Morgan fingerprint density at radius 1 is 1.12 bits per heavy atom. The first-order valence-electron chi connectivity index (χ1n) is 6.91. The Morgan fingerprint density at radius 2 is 1.88 bits per heavy atom. The molecule has 0 radical (unpaired) electrons. The number of hydrazine groups is 1. The van der Waals surface area contributed by atoms with Gasteiger partial charge in [-0.2, -0.15) is 0 Å². The molecule has 1 aliphatic carbocycles. The highest BCUT2D eigenvalue weighted by molar-refractivity contribution is 5.34. The maximum Gasteiger partial charge on any atom is 0.0291 e. The fourth-order valence-electron chi connectivity index (χ4n) is 2.94. The van der Waals surface area contributed by atoms with Gasteiger partial charge in [-0.1, -0.05) is 30.7 Å². The van der Waals surface area contributed by atoms with E-state index in [9.17, 15) is 0 Å². The molecule has 0 aromatic heterocycles. The molecule has 1 aromatic carbocycles. The summed E-state index contributed by atoms with van der Waals surface area (Å²) in [6, 6.07) is 9.50. The van der Waals surface area contributed by atoms with Gasteiger partial charge in [-0.05, 0) is 37.3 Å². The smallest absolute Gasteiger partial charge is 0.0291 e. The van der Waals surface area contributed by atoms with Crippen LogP contribution in [0.25, 0.3) is 0 Å². The predicted octanol–water partition coefficient (Wildman–Crippen LogP) is 2.84. The quantitative estimate of drug-likeness (QED) is 0.859. The van der Waals surface area contributed by atoms with Crippen LogP contribution in [0.5, 0.6) is 0 Å². The number of nitrogens with one attached hydrogen (secondary N) is 1. The van der Waals surface area contributed by atoms with Gasteiger partial charge in [0, 0.05) is 25.0 Å². The summed E-state index contributed by atoms with van der Waals surface area (Å²) in [5.41, 5.74) is 6.69. The lowest BCUT2D eigenvalue weighted by atomic mass is 10.0. The lowest BCUT2D eigenvalue weighted by Gasteiger charge is -2.27. The van der Waals surface area contributed by atoms with Crippen LogP contribution in [0.15, 0.2) is 24.3 Å². The fraction of sp³-hybridized carbons (Fsp3) is 0.600. The molecule has 1 aliphatic heterocycles. The largest absolute Gasteiger partial charge is 0.251 e. The summed E-state index contributed by atoms with van der Waals surface area (Å²) in [7, 11) is 0. The average Bonchev–Trinajstić information content (AvgIpc) is 3.10. The number of hydrogen-bond acceptors (Lipinski definition) is 2. The number of piperidine rings is 1. The lowest BCUT2D eigenvalue weighted by Crippen LogP contribution is -2.43. The number of rotatable bonds is 3. The molecule has 17 heavy (non-hydrogen) atoms. The second-order valence-electron chi connectivity index (χ2n) is 5.48. The van der Waals surface area contributed by atoms with Crippen LogP contribution in [0.1, 0.15) is 42.7 Å². The molecule has 2 heteroatoms. The summed E-state index contributed by atoms with van der Waals surface area (Å²) >= 11 is 0. The molecule has 2 atom stereocenters. The summed E-state index contributed by atoms with van der Waals surface area (Å²) in [6.07, 6.45) is 5.43. The molecule has 0 bridgehead atoms. The summed E-state index contributed by atoms with van der Waals surface area (Å²) < 4.78 is 0. The third-order valence-electron chi connectivity index (χ3n) is 4.08. The molecule has 3 rings (SSSR count). The molecule has 1 saturated carbocycles. The molecule has 1 saturated heterocycles. The van der Waals surface area contributed by atoms with Crippen molar-refractivity contribution in [3.05, 3.63) is 35.4 Å². The molecule has 1 heterocycles. The first-order chi connectivity index (χ1) is 8.34. The first-order valence-corrected chi connectivity index (χ1v) is 6.91. The Morgan fingerprint density at radius 3 is 2.65 bits per heavy atom. The third-order valence-corrected chi connectivity index (χ3v) is 4.08. The maximum absolute atomic E-state index is 3.70. The van der Waals surface area contributed by atoms with Crippen LogP contribution < -0.4 is 5.43 Å². The van der Waals surface area contributed by atoms with E-state index >= 15 is 0 Å². The molecular weight excluding hydrogens is 208 g/mol. The summed E-state index contributed by atoms with van der Waals surface area (Å²) in [6.45, 7) is 4.69. The molecular formula is C15H22N2. The van der Waals surface area contributed by atoms with Crippen LogP contribution in [0.4, 0.5) is 0 Å². The summed E-state index contributed by atoms with van der Waals surface area (Å²) in [4.78, 5) is 0. The molecule has 0 spiro atoms. The van der Waals surface area contributed by atoms with Crippen molar-refractivity contribution in [1.82, 2.24) is 10.4 Å². The minimum Gasteiger partial charge on any atom is -0.251 e. The highest BCUT2D eigenvalue weighted by Crippen LogP contribution is 2.42. The van der Waals surface area contributed by atoms with Crippen LogP contribution in [-0.2, 0) is 0 Å². The molecule has 1 aromatic rings. The standard InChI is InChI=1S/C15H22N2/c1-12-7-3-4-8-13(12)14-11-15(14)16-17-9-5-2-6-10-17/h3-4,7-8,14-16H,2,5-6,9-11H2,1H3/t14-,15+/m0/s1. The molecule has 0 amide bonds. The van der Waals surface area contributed by atoms with E-state index < -0.39 is 0 Å². The number of nitrogens with zero attached hydrogens (tertiary/aromatic N) is 1. The second-order valence-corrected chi connectivity index (χ2v) is 5.48. The first kappa shape index (κ1) is 11.2. The van der Waals surface area contributed by atoms with E-state index in [2.05, 4.69) is 41.6 Å². The van der Waals surface area contributed by atoms with Crippen LogP contribution in [0, 0.1) is 6.92 Å². The van der Waals surface area contributed by atoms with Crippen molar-refractivity contribution >= 4 is 0 Å². The zero-order valence-corrected chi connectivity index (χ0v) is 10.7. The number of benzene rings is 1.